The molecule has 1 N–H and O–H groups in total. The molecule has 1 amide bonds. The number of ether oxygens (including phenoxy) is 2. The summed E-state index contributed by atoms with van der Waals surface area (Å²) in [6.07, 6.45) is 0.130. The van der Waals surface area contributed by atoms with Gasteiger partial charge in [-0.2, -0.15) is 0 Å². The lowest BCUT2D eigenvalue weighted by molar-refractivity contribution is -0.154. The molecule has 1 saturated heterocycles. The van der Waals surface area contributed by atoms with E-state index in [1.54, 1.807) is 52.1 Å². The van der Waals surface area contributed by atoms with Crippen LogP contribution in [0.5, 0.6) is 5.75 Å². The number of carbonyl (C=O) groups excluding carboxylic acids is 2. The number of esters is 1. The highest BCUT2D eigenvalue weighted by atomic mass is 16.5. The third-order valence-corrected chi connectivity index (χ3v) is 4.37. The normalized spacial score (nSPS) is 27.7. The first kappa shape index (κ1) is 17.3. The zero-order chi connectivity index (χ0) is 17.2. The van der Waals surface area contributed by atoms with Gasteiger partial charge in [-0.15, -0.1) is 0 Å². The van der Waals surface area contributed by atoms with E-state index in [2.05, 4.69) is 0 Å². The number of methoxy groups -OCH3 is 1. The predicted molar refractivity (Wildman–Crippen MR) is 85.3 cm³/mol. The number of benzene rings is 1. The van der Waals surface area contributed by atoms with Gasteiger partial charge in [-0.1, -0.05) is 6.92 Å². The third kappa shape index (κ3) is 3.32. The van der Waals surface area contributed by atoms with Crippen molar-refractivity contribution in [1.82, 2.24) is 0 Å². The van der Waals surface area contributed by atoms with Crippen LogP contribution in [0.3, 0.4) is 0 Å². The maximum atomic E-state index is 12.7. The first-order chi connectivity index (χ1) is 10.8. The van der Waals surface area contributed by atoms with Gasteiger partial charge in [-0.3, -0.25) is 9.69 Å². The maximum Gasteiger partial charge on any atom is 0.329 e. The van der Waals surface area contributed by atoms with Crippen molar-refractivity contribution in [2.75, 3.05) is 18.6 Å². The molecule has 0 spiro atoms. The topological polar surface area (TPSA) is 76.1 Å². The number of nitrogens with zero attached hydrogens (tertiary/aromatic N) is 1. The molecular formula is C17H23NO5. The Morgan fingerprint density at radius 1 is 1.39 bits per heavy atom. The van der Waals surface area contributed by atoms with Crippen LogP contribution in [0, 0.1) is 5.92 Å². The van der Waals surface area contributed by atoms with Gasteiger partial charge in [0.2, 0.25) is 5.91 Å². The molecule has 0 unspecified atom stereocenters. The average molecular weight is 321 g/mol. The molecule has 1 aliphatic heterocycles. The molecule has 1 aromatic rings. The van der Waals surface area contributed by atoms with Crippen LogP contribution in [0.1, 0.15) is 27.2 Å². The summed E-state index contributed by atoms with van der Waals surface area (Å²) in [6, 6.07) is 6.04. The van der Waals surface area contributed by atoms with Gasteiger partial charge in [0.05, 0.1) is 25.2 Å². The van der Waals surface area contributed by atoms with Crippen molar-refractivity contribution in [2.24, 2.45) is 5.92 Å². The van der Waals surface area contributed by atoms with Gasteiger partial charge < -0.3 is 14.6 Å². The van der Waals surface area contributed by atoms with Gasteiger partial charge in [-0.25, -0.2) is 4.79 Å². The minimum atomic E-state index is -1.25. The van der Waals surface area contributed by atoms with Crippen molar-refractivity contribution in [3.63, 3.8) is 0 Å². The predicted octanol–water partition coefficient (Wildman–Crippen LogP) is 1.75. The van der Waals surface area contributed by atoms with Crippen LogP contribution in [0.2, 0.25) is 0 Å². The second kappa shape index (κ2) is 6.58. The Morgan fingerprint density at radius 3 is 2.52 bits per heavy atom. The van der Waals surface area contributed by atoms with Crippen LogP contribution in [0.25, 0.3) is 0 Å². The first-order valence-electron chi connectivity index (χ1n) is 7.68. The van der Waals surface area contributed by atoms with Crippen LogP contribution in [-0.2, 0) is 14.3 Å². The van der Waals surface area contributed by atoms with Crippen molar-refractivity contribution < 1.29 is 24.2 Å². The second-order valence-electron chi connectivity index (χ2n) is 5.96. The van der Waals surface area contributed by atoms with E-state index in [9.17, 15) is 14.7 Å². The van der Waals surface area contributed by atoms with E-state index in [-0.39, 0.29) is 18.9 Å². The molecule has 3 atom stereocenters. The molecule has 0 radical (unpaired) electrons. The lowest BCUT2D eigenvalue weighted by atomic mass is 9.79. The molecule has 6 heteroatoms. The van der Waals surface area contributed by atoms with Crippen LogP contribution in [0.4, 0.5) is 5.69 Å². The Labute approximate surface area is 136 Å². The molecule has 0 bridgehead atoms. The van der Waals surface area contributed by atoms with E-state index >= 15 is 0 Å². The Kier molecular flexibility index (Phi) is 4.94. The smallest absolute Gasteiger partial charge is 0.329 e. The zero-order valence-corrected chi connectivity index (χ0v) is 13.9. The van der Waals surface area contributed by atoms with E-state index in [1.165, 1.54) is 4.90 Å². The summed E-state index contributed by atoms with van der Waals surface area (Å²) in [5, 5.41) is 10.5. The number of rotatable bonds is 4. The van der Waals surface area contributed by atoms with E-state index in [1.807, 2.05) is 0 Å². The second-order valence-corrected chi connectivity index (χ2v) is 5.96. The zero-order valence-electron chi connectivity index (χ0n) is 13.9. The number of aliphatic hydroxyl groups is 1. The van der Waals surface area contributed by atoms with Crippen LogP contribution in [-0.4, -0.2) is 42.3 Å². The minimum absolute atomic E-state index is 0.130. The van der Waals surface area contributed by atoms with Gasteiger partial charge in [0.25, 0.3) is 0 Å². The van der Waals surface area contributed by atoms with Gasteiger partial charge in [0.1, 0.15) is 11.8 Å². The van der Waals surface area contributed by atoms with Crippen molar-refractivity contribution in [1.29, 1.82) is 0 Å². The molecular weight excluding hydrogens is 298 g/mol. The summed E-state index contributed by atoms with van der Waals surface area (Å²) in [7, 11) is 1.56. The van der Waals surface area contributed by atoms with E-state index in [0.717, 1.165) is 0 Å². The number of hydrogen-bond acceptors (Lipinski definition) is 5. The lowest BCUT2D eigenvalue weighted by Crippen LogP contribution is -2.60. The van der Waals surface area contributed by atoms with Crippen molar-refractivity contribution in [3.05, 3.63) is 24.3 Å². The maximum absolute atomic E-state index is 12.7. The molecule has 6 nitrogen and oxygen atoms in total. The molecule has 126 valence electrons. The van der Waals surface area contributed by atoms with Crippen LogP contribution < -0.4 is 9.64 Å². The molecule has 23 heavy (non-hydrogen) atoms. The monoisotopic (exact) mass is 321 g/mol. The quantitative estimate of drug-likeness (QED) is 0.855. The summed E-state index contributed by atoms with van der Waals surface area (Å²) in [5.74, 6) is -0.769. The van der Waals surface area contributed by atoms with Crippen molar-refractivity contribution >= 4 is 17.6 Å². The molecule has 1 heterocycles. The van der Waals surface area contributed by atoms with E-state index in [4.69, 9.17) is 9.47 Å². The van der Waals surface area contributed by atoms with Gasteiger partial charge >= 0.3 is 5.97 Å². The Balaban J connectivity index is 2.41. The summed E-state index contributed by atoms with van der Waals surface area (Å²) in [4.78, 5) is 26.5. The Hall–Kier alpha value is -2.08. The Bertz CT molecular complexity index is 581. The first-order valence-corrected chi connectivity index (χ1v) is 7.68. The highest BCUT2D eigenvalue weighted by Crippen LogP contribution is 2.36. The number of hydrogen-bond donors (Lipinski definition) is 1. The fraction of sp³-hybridized carbons (Fsp3) is 0.529. The molecule has 1 fully saturated rings. The standard InChI is InChI=1S/C17H23NO5/c1-5-23-16(20)14-10-17(3,21)11(2)15(19)18(14)12-6-8-13(22-4)9-7-12/h6-9,11,14,21H,5,10H2,1-4H3/t11-,14-,17+/m0/s1. The van der Waals surface area contributed by atoms with Gasteiger partial charge in [0, 0.05) is 12.1 Å². The van der Waals surface area contributed by atoms with E-state index < -0.39 is 23.5 Å². The molecule has 2 rings (SSSR count). The third-order valence-electron chi connectivity index (χ3n) is 4.37. The summed E-state index contributed by atoms with van der Waals surface area (Å²) in [5.41, 5.74) is -0.673. The van der Waals surface area contributed by atoms with Gasteiger partial charge in [0.15, 0.2) is 0 Å². The number of amides is 1. The SMILES string of the molecule is CCOC(=O)[C@@H]1C[C@@](C)(O)[C@@H](C)C(=O)N1c1ccc(OC)cc1. The van der Waals surface area contributed by atoms with Crippen molar-refractivity contribution in [2.45, 2.75) is 38.8 Å². The lowest BCUT2D eigenvalue weighted by Gasteiger charge is -2.44. The molecule has 0 aromatic heterocycles. The van der Waals surface area contributed by atoms with Crippen molar-refractivity contribution in [3.8, 4) is 5.75 Å². The number of piperidine rings is 1. The molecule has 0 aliphatic carbocycles. The van der Waals surface area contributed by atoms with E-state index in [0.29, 0.717) is 11.4 Å². The van der Waals surface area contributed by atoms with Gasteiger partial charge in [-0.05, 0) is 38.1 Å². The largest absolute Gasteiger partial charge is 0.497 e. The van der Waals surface area contributed by atoms with Crippen LogP contribution in [0.15, 0.2) is 24.3 Å². The summed E-state index contributed by atoms with van der Waals surface area (Å²) >= 11 is 0. The highest BCUT2D eigenvalue weighted by molar-refractivity contribution is 6.02. The average Bonchev–Trinajstić information content (AvgIpc) is 2.53. The van der Waals surface area contributed by atoms with Crippen LogP contribution >= 0.6 is 0 Å². The number of anilines is 1. The summed E-state index contributed by atoms with van der Waals surface area (Å²) < 4.78 is 10.2. The molecule has 0 saturated carbocycles. The minimum Gasteiger partial charge on any atom is -0.497 e. The fourth-order valence-electron chi connectivity index (χ4n) is 2.76. The fourth-order valence-corrected chi connectivity index (χ4v) is 2.76. The highest BCUT2D eigenvalue weighted by Gasteiger charge is 2.49. The summed E-state index contributed by atoms with van der Waals surface area (Å²) in [6.45, 7) is 5.17. The molecule has 1 aromatic carbocycles. The Morgan fingerprint density at radius 2 is 2.00 bits per heavy atom. The number of carbonyl (C=O) groups is 2. The molecule has 1 aliphatic rings.